The van der Waals surface area contributed by atoms with Crippen molar-refractivity contribution >= 4 is 35.1 Å². The van der Waals surface area contributed by atoms with Crippen molar-refractivity contribution in [2.45, 2.75) is 18.3 Å². The van der Waals surface area contributed by atoms with E-state index in [0.29, 0.717) is 31.9 Å². The Bertz CT molecular complexity index is 981. The normalized spacial score (nSPS) is 14.4. The van der Waals surface area contributed by atoms with Gasteiger partial charge in [0, 0.05) is 38.1 Å². The van der Waals surface area contributed by atoms with Gasteiger partial charge in [-0.05, 0) is 25.1 Å². The van der Waals surface area contributed by atoms with E-state index >= 15 is 0 Å². The standard InChI is InChI=1S/C20H22F3N5O3S/c1-2-31-18(30)15-11-25-19(26-17(15)24)32-12-16(29)28-8-6-27(7-9-28)14-5-3-4-13(10-14)20(21,22)23/h3-5,10-11H,2,6-9,12H2,1H3,(H2,24,25,26). The van der Waals surface area contributed by atoms with Crippen LogP contribution in [0.25, 0.3) is 0 Å². The third-order valence-electron chi connectivity index (χ3n) is 4.79. The van der Waals surface area contributed by atoms with Crippen LogP contribution >= 0.6 is 11.8 Å². The van der Waals surface area contributed by atoms with Crippen LogP contribution < -0.4 is 10.6 Å². The minimum Gasteiger partial charge on any atom is -0.462 e. The lowest BCUT2D eigenvalue weighted by molar-refractivity contribution is -0.137. The summed E-state index contributed by atoms with van der Waals surface area (Å²) in [6, 6.07) is 5.17. The molecule has 1 saturated heterocycles. The summed E-state index contributed by atoms with van der Waals surface area (Å²) < 4.78 is 43.7. The molecule has 1 aromatic heterocycles. The molecule has 1 aliphatic rings. The maximum atomic E-state index is 12.9. The number of alkyl halides is 3. The number of nitrogens with zero attached hydrogens (tertiary/aromatic N) is 4. The van der Waals surface area contributed by atoms with Gasteiger partial charge >= 0.3 is 12.1 Å². The second-order valence-corrected chi connectivity index (χ2v) is 7.82. The average molecular weight is 469 g/mol. The number of nitrogens with two attached hydrogens (primary N) is 1. The van der Waals surface area contributed by atoms with Crippen molar-refractivity contribution < 1.29 is 27.5 Å². The quantitative estimate of drug-likeness (QED) is 0.392. The number of hydrogen-bond acceptors (Lipinski definition) is 8. The molecule has 0 unspecified atom stereocenters. The summed E-state index contributed by atoms with van der Waals surface area (Å²) in [5.41, 5.74) is 5.62. The lowest BCUT2D eigenvalue weighted by Gasteiger charge is -2.36. The zero-order chi connectivity index (χ0) is 23.3. The highest BCUT2D eigenvalue weighted by Crippen LogP contribution is 2.32. The summed E-state index contributed by atoms with van der Waals surface area (Å²) >= 11 is 1.09. The Morgan fingerprint density at radius 1 is 1.22 bits per heavy atom. The fraction of sp³-hybridized carbons (Fsp3) is 0.400. The average Bonchev–Trinajstić information content (AvgIpc) is 2.77. The molecular formula is C20H22F3N5O3S. The SMILES string of the molecule is CCOC(=O)c1cnc(SCC(=O)N2CCN(c3cccc(C(F)(F)F)c3)CC2)nc1N. The molecule has 8 nitrogen and oxygen atoms in total. The molecule has 0 aliphatic carbocycles. The van der Waals surface area contributed by atoms with Gasteiger partial charge in [0.15, 0.2) is 5.16 Å². The minimum absolute atomic E-state index is 0.0249. The highest BCUT2D eigenvalue weighted by Gasteiger charge is 2.31. The van der Waals surface area contributed by atoms with Crippen molar-refractivity contribution in [1.82, 2.24) is 14.9 Å². The van der Waals surface area contributed by atoms with E-state index in [9.17, 15) is 22.8 Å². The van der Waals surface area contributed by atoms with E-state index < -0.39 is 17.7 Å². The Kier molecular flexibility index (Phi) is 7.44. The third-order valence-corrected chi connectivity index (χ3v) is 5.63. The van der Waals surface area contributed by atoms with Gasteiger partial charge in [-0.15, -0.1) is 0 Å². The predicted molar refractivity (Wildman–Crippen MR) is 113 cm³/mol. The van der Waals surface area contributed by atoms with Crippen LogP contribution in [0, 0.1) is 0 Å². The number of piperazine rings is 1. The number of rotatable bonds is 6. The van der Waals surface area contributed by atoms with Gasteiger partial charge in [-0.2, -0.15) is 13.2 Å². The van der Waals surface area contributed by atoms with Gasteiger partial charge in [-0.25, -0.2) is 14.8 Å². The minimum atomic E-state index is -4.40. The number of carbonyl (C=O) groups excluding carboxylic acids is 2. The maximum absolute atomic E-state index is 12.9. The Hall–Kier alpha value is -3.02. The zero-order valence-corrected chi connectivity index (χ0v) is 18.1. The number of esters is 1. The number of anilines is 2. The van der Waals surface area contributed by atoms with Crippen molar-refractivity contribution in [1.29, 1.82) is 0 Å². The van der Waals surface area contributed by atoms with Gasteiger partial charge in [-0.1, -0.05) is 17.8 Å². The van der Waals surface area contributed by atoms with Crippen molar-refractivity contribution in [3.05, 3.63) is 41.6 Å². The first-order chi connectivity index (χ1) is 15.2. The van der Waals surface area contributed by atoms with Crippen LogP contribution in [-0.2, 0) is 15.7 Å². The summed E-state index contributed by atoms with van der Waals surface area (Å²) in [5.74, 6) is -0.712. The van der Waals surface area contributed by atoms with E-state index in [1.165, 1.54) is 12.3 Å². The second-order valence-electron chi connectivity index (χ2n) is 6.88. The number of amides is 1. The maximum Gasteiger partial charge on any atom is 0.416 e. The van der Waals surface area contributed by atoms with Gasteiger partial charge in [0.2, 0.25) is 5.91 Å². The van der Waals surface area contributed by atoms with E-state index in [1.807, 2.05) is 4.90 Å². The number of benzene rings is 1. The molecule has 0 saturated carbocycles. The first-order valence-corrected chi connectivity index (χ1v) is 10.8. The van der Waals surface area contributed by atoms with Gasteiger partial charge in [0.05, 0.1) is 17.9 Å². The van der Waals surface area contributed by atoms with Crippen molar-refractivity contribution in [2.75, 3.05) is 49.2 Å². The van der Waals surface area contributed by atoms with E-state index in [2.05, 4.69) is 9.97 Å². The molecule has 0 atom stereocenters. The second kappa shape index (κ2) is 10.1. The Labute approximate surface area is 186 Å². The molecule has 0 spiro atoms. The largest absolute Gasteiger partial charge is 0.462 e. The first-order valence-electron chi connectivity index (χ1n) is 9.81. The third kappa shape index (κ3) is 5.81. The van der Waals surface area contributed by atoms with Crippen LogP contribution in [0.4, 0.5) is 24.7 Å². The molecule has 1 fully saturated rings. The van der Waals surface area contributed by atoms with Crippen LogP contribution in [0.2, 0.25) is 0 Å². The highest BCUT2D eigenvalue weighted by atomic mass is 32.2. The molecule has 1 aromatic carbocycles. The lowest BCUT2D eigenvalue weighted by Crippen LogP contribution is -2.49. The van der Waals surface area contributed by atoms with Crippen LogP contribution in [0.5, 0.6) is 0 Å². The van der Waals surface area contributed by atoms with Crippen molar-refractivity contribution in [3.8, 4) is 0 Å². The van der Waals surface area contributed by atoms with Gasteiger partial charge in [0.1, 0.15) is 11.4 Å². The number of halogens is 3. The van der Waals surface area contributed by atoms with E-state index in [-0.39, 0.29) is 34.8 Å². The fourth-order valence-electron chi connectivity index (χ4n) is 3.12. The van der Waals surface area contributed by atoms with Gasteiger partial charge in [-0.3, -0.25) is 4.79 Å². The van der Waals surface area contributed by atoms with Gasteiger partial charge < -0.3 is 20.3 Å². The van der Waals surface area contributed by atoms with Crippen molar-refractivity contribution in [3.63, 3.8) is 0 Å². The van der Waals surface area contributed by atoms with Crippen LogP contribution in [0.1, 0.15) is 22.8 Å². The predicted octanol–water partition coefficient (Wildman–Crippen LogP) is 2.70. The first kappa shape index (κ1) is 23.6. The van der Waals surface area contributed by atoms with Crippen LogP contribution in [0.15, 0.2) is 35.6 Å². The molecule has 0 bridgehead atoms. The van der Waals surface area contributed by atoms with Crippen molar-refractivity contribution in [2.24, 2.45) is 0 Å². The molecule has 172 valence electrons. The number of hydrogen-bond donors (Lipinski definition) is 1. The molecule has 2 N–H and O–H groups in total. The lowest BCUT2D eigenvalue weighted by atomic mass is 10.1. The fourth-order valence-corrected chi connectivity index (χ4v) is 3.85. The van der Waals surface area contributed by atoms with Gasteiger partial charge in [0.25, 0.3) is 0 Å². The molecule has 0 radical (unpaired) electrons. The number of thioether (sulfide) groups is 1. The molecule has 3 rings (SSSR count). The summed E-state index contributed by atoms with van der Waals surface area (Å²) in [6.07, 6.45) is -3.13. The summed E-state index contributed by atoms with van der Waals surface area (Å²) in [6.45, 7) is 3.50. The number of ether oxygens (including phenoxy) is 1. The Morgan fingerprint density at radius 2 is 1.94 bits per heavy atom. The summed E-state index contributed by atoms with van der Waals surface area (Å²) in [4.78, 5) is 35.8. The summed E-state index contributed by atoms with van der Waals surface area (Å²) in [5, 5.41) is 0.256. The Balaban J connectivity index is 1.52. The molecule has 1 amide bonds. The number of aromatic nitrogens is 2. The highest BCUT2D eigenvalue weighted by molar-refractivity contribution is 7.99. The molecule has 2 heterocycles. The van der Waals surface area contributed by atoms with E-state index in [4.69, 9.17) is 10.5 Å². The van der Waals surface area contributed by atoms with E-state index in [0.717, 1.165) is 23.9 Å². The monoisotopic (exact) mass is 469 g/mol. The number of carbonyl (C=O) groups is 2. The Morgan fingerprint density at radius 3 is 2.56 bits per heavy atom. The molecule has 32 heavy (non-hydrogen) atoms. The molecule has 1 aliphatic heterocycles. The topological polar surface area (TPSA) is 102 Å². The van der Waals surface area contributed by atoms with Crippen LogP contribution in [0.3, 0.4) is 0 Å². The molecule has 2 aromatic rings. The summed E-state index contributed by atoms with van der Waals surface area (Å²) in [7, 11) is 0. The zero-order valence-electron chi connectivity index (χ0n) is 17.3. The smallest absolute Gasteiger partial charge is 0.416 e. The molecular weight excluding hydrogens is 447 g/mol. The van der Waals surface area contributed by atoms with E-state index in [1.54, 1.807) is 17.9 Å². The van der Waals surface area contributed by atoms with Crippen LogP contribution in [-0.4, -0.2) is 65.3 Å². The molecule has 12 heteroatoms. The number of nitrogen functional groups attached to an aromatic ring is 1.